The molecule has 9 heteroatoms. The molecule has 0 aliphatic carbocycles. The molecule has 0 unspecified atom stereocenters. The minimum atomic E-state index is -0.962. The van der Waals surface area contributed by atoms with Gasteiger partial charge >= 0.3 is 0 Å². The van der Waals surface area contributed by atoms with Crippen LogP contribution >= 0.6 is 0 Å². The van der Waals surface area contributed by atoms with Gasteiger partial charge < -0.3 is 14.7 Å². The summed E-state index contributed by atoms with van der Waals surface area (Å²) in [7, 11) is 0. The van der Waals surface area contributed by atoms with Gasteiger partial charge in [0.1, 0.15) is 11.6 Å². The van der Waals surface area contributed by atoms with Gasteiger partial charge in [-0.3, -0.25) is 14.5 Å². The molecule has 0 saturated carbocycles. The van der Waals surface area contributed by atoms with E-state index in [4.69, 9.17) is 4.52 Å². The van der Waals surface area contributed by atoms with Crippen LogP contribution in [0.5, 0.6) is 0 Å². The molecule has 2 heterocycles. The molecule has 1 aliphatic heterocycles. The van der Waals surface area contributed by atoms with Gasteiger partial charge in [-0.15, -0.1) is 0 Å². The average molecular weight is 378 g/mol. The van der Waals surface area contributed by atoms with Crippen molar-refractivity contribution in [3.63, 3.8) is 0 Å². The Morgan fingerprint density at radius 2 is 1.93 bits per heavy atom. The number of aromatic nitrogens is 1. The number of nitrogens with zero attached hydrogens (tertiary/aromatic N) is 3. The van der Waals surface area contributed by atoms with Crippen molar-refractivity contribution in [2.75, 3.05) is 32.7 Å². The number of hydrogen-bond acceptors (Lipinski definition) is 5. The third-order valence-corrected chi connectivity index (χ3v) is 4.36. The van der Waals surface area contributed by atoms with Crippen LogP contribution in [0.2, 0.25) is 0 Å². The maximum Gasteiger partial charge on any atom is 0.254 e. The van der Waals surface area contributed by atoms with Gasteiger partial charge in [0.25, 0.3) is 5.91 Å². The van der Waals surface area contributed by atoms with Gasteiger partial charge in [-0.1, -0.05) is 5.16 Å². The molecule has 0 spiro atoms. The predicted molar refractivity (Wildman–Crippen MR) is 91.8 cm³/mol. The van der Waals surface area contributed by atoms with E-state index < -0.39 is 17.5 Å². The van der Waals surface area contributed by atoms with E-state index in [1.165, 1.54) is 0 Å². The van der Waals surface area contributed by atoms with Crippen LogP contribution in [0.4, 0.5) is 8.78 Å². The number of amides is 2. The summed E-state index contributed by atoms with van der Waals surface area (Å²) < 4.78 is 31.7. The molecular formula is C18H20F2N4O3. The fourth-order valence-corrected chi connectivity index (χ4v) is 2.90. The second kappa shape index (κ2) is 8.26. The van der Waals surface area contributed by atoms with Gasteiger partial charge in [-0.25, -0.2) is 8.78 Å². The van der Waals surface area contributed by atoms with Crippen LogP contribution in [-0.4, -0.2) is 59.5 Å². The van der Waals surface area contributed by atoms with Crippen LogP contribution in [0.15, 0.2) is 28.8 Å². The molecule has 1 aromatic heterocycles. The monoisotopic (exact) mass is 378 g/mol. The quantitative estimate of drug-likeness (QED) is 0.849. The minimum absolute atomic E-state index is 0.239. The third-order valence-electron chi connectivity index (χ3n) is 4.36. The summed E-state index contributed by atoms with van der Waals surface area (Å²) in [4.78, 5) is 28.0. The number of carbonyl (C=O) groups is 2. The standard InChI is InChI=1S/C18H20F2N4O3/c1-12-8-14(27-22-12)11-23-4-6-24(7-5-23)17(25)10-21-18(26)15-3-2-13(19)9-16(15)20/h2-3,8-9H,4-7,10-11H2,1H3,(H,21,26). The number of nitrogens with one attached hydrogen (secondary N) is 1. The lowest BCUT2D eigenvalue weighted by molar-refractivity contribution is -0.131. The smallest absolute Gasteiger partial charge is 0.254 e. The van der Waals surface area contributed by atoms with Gasteiger partial charge in [0, 0.05) is 38.3 Å². The second-order valence-electron chi connectivity index (χ2n) is 6.40. The Bertz CT molecular complexity index is 832. The van der Waals surface area contributed by atoms with Crippen molar-refractivity contribution in [1.82, 2.24) is 20.3 Å². The summed E-state index contributed by atoms with van der Waals surface area (Å²) in [6.45, 7) is 4.63. The Hall–Kier alpha value is -2.81. The first-order valence-electron chi connectivity index (χ1n) is 8.58. The summed E-state index contributed by atoms with van der Waals surface area (Å²) in [6, 6.07) is 4.55. The fourth-order valence-electron chi connectivity index (χ4n) is 2.90. The molecular weight excluding hydrogens is 358 g/mol. The predicted octanol–water partition coefficient (Wildman–Crippen LogP) is 1.34. The molecule has 144 valence electrons. The number of aryl methyl sites for hydroxylation is 1. The van der Waals surface area contributed by atoms with E-state index in [1.807, 2.05) is 13.0 Å². The SMILES string of the molecule is Cc1cc(CN2CCN(C(=O)CNC(=O)c3ccc(F)cc3F)CC2)on1. The van der Waals surface area contributed by atoms with E-state index in [1.54, 1.807) is 4.90 Å². The van der Waals surface area contributed by atoms with Crippen molar-refractivity contribution in [2.45, 2.75) is 13.5 Å². The normalized spacial score (nSPS) is 15.0. The number of halogens is 2. The van der Waals surface area contributed by atoms with E-state index in [2.05, 4.69) is 15.4 Å². The van der Waals surface area contributed by atoms with Crippen LogP contribution in [-0.2, 0) is 11.3 Å². The third kappa shape index (κ3) is 4.88. The zero-order valence-corrected chi connectivity index (χ0v) is 14.9. The Balaban J connectivity index is 1.44. The van der Waals surface area contributed by atoms with Crippen molar-refractivity contribution < 1.29 is 22.9 Å². The summed E-state index contributed by atoms with van der Waals surface area (Å²) in [5, 5.41) is 6.23. The van der Waals surface area contributed by atoms with Crippen LogP contribution in [0.25, 0.3) is 0 Å². The zero-order chi connectivity index (χ0) is 19.4. The molecule has 1 N–H and O–H groups in total. The highest BCUT2D eigenvalue weighted by Crippen LogP contribution is 2.11. The van der Waals surface area contributed by atoms with Crippen molar-refractivity contribution in [1.29, 1.82) is 0 Å². The highest BCUT2D eigenvalue weighted by Gasteiger charge is 2.22. The van der Waals surface area contributed by atoms with Gasteiger partial charge in [0.2, 0.25) is 5.91 Å². The lowest BCUT2D eigenvalue weighted by atomic mass is 10.2. The summed E-state index contributed by atoms with van der Waals surface area (Å²) in [5.74, 6) is -1.95. The van der Waals surface area contributed by atoms with Crippen molar-refractivity contribution in [2.24, 2.45) is 0 Å². The van der Waals surface area contributed by atoms with E-state index in [0.717, 1.165) is 23.6 Å². The molecule has 1 aliphatic rings. The lowest BCUT2D eigenvalue weighted by Crippen LogP contribution is -2.50. The fraction of sp³-hybridized carbons (Fsp3) is 0.389. The highest BCUT2D eigenvalue weighted by atomic mass is 19.1. The Morgan fingerprint density at radius 1 is 1.19 bits per heavy atom. The molecule has 27 heavy (non-hydrogen) atoms. The number of piperazine rings is 1. The maximum absolute atomic E-state index is 13.6. The Morgan fingerprint density at radius 3 is 2.56 bits per heavy atom. The van der Waals surface area contributed by atoms with Crippen LogP contribution in [0.3, 0.4) is 0 Å². The summed E-state index contributed by atoms with van der Waals surface area (Å²) in [6.07, 6.45) is 0. The largest absolute Gasteiger partial charge is 0.360 e. The first-order valence-corrected chi connectivity index (χ1v) is 8.58. The molecule has 0 atom stereocenters. The van der Waals surface area contributed by atoms with Gasteiger partial charge in [0.05, 0.1) is 24.3 Å². The van der Waals surface area contributed by atoms with Gasteiger partial charge in [0.15, 0.2) is 5.76 Å². The van der Waals surface area contributed by atoms with Crippen LogP contribution in [0.1, 0.15) is 21.8 Å². The molecule has 0 radical (unpaired) electrons. The number of benzene rings is 1. The summed E-state index contributed by atoms with van der Waals surface area (Å²) >= 11 is 0. The van der Waals surface area contributed by atoms with Crippen LogP contribution in [0, 0.1) is 18.6 Å². The number of hydrogen-bond donors (Lipinski definition) is 1. The molecule has 0 bridgehead atoms. The summed E-state index contributed by atoms with van der Waals surface area (Å²) in [5.41, 5.74) is 0.531. The number of rotatable bonds is 5. The Labute approximate surface area is 154 Å². The van der Waals surface area contributed by atoms with Crippen LogP contribution < -0.4 is 5.32 Å². The molecule has 1 saturated heterocycles. The van der Waals surface area contributed by atoms with E-state index >= 15 is 0 Å². The Kier molecular flexibility index (Phi) is 5.80. The molecule has 2 aromatic rings. The molecule has 2 amide bonds. The van der Waals surface area contributed by atoms with Crippen molar-refractivity contribution in [3.05, 3.63) is 52.9 Å². The topological polar surface area (TPSA) is 78.7 Å². The average Bonchev–Trinajstić information content (AvgIpc) is 3.05. The number of carbonyl (C=O) groups excluding carboxylic acids is 2. The molecule has 7 nitrogen and oxygen atoms in total. The maximum atomic E-state index is 13.6. The first kappa shape index (κ1) is 19.0. The van der Waals surface area contributed by atoms with E-state index in [9.17, 15) is 18.4 Å². The minimum Gasteiger partial charge on any atom is -0.360 e. The van der Waals surface area contributed by atoms with Crippen molar-refractivity contribution in [3.8, 4) is 0 Å². The molecule has 3 rings (SSSR count). The van der Waals surface area contributed by atoms with Crippen molar-refractivity contribution >= 4 is 11.8 Å². The van der Waals surface area contributed by atoms with E-state index in [-0.39, 0.29) is 18.0 Å². The second-order valence-corrected chi connectivity index (χ2v) is 6.40. The zero-order valence-electron chi connectivity index (χ0n) is 14.9. The molecule has 1 fully saturated rings. The lowest BCUT2D eigenvalue weighted by Gasteiger charge is -2.34. The van der Waals surface area contributed by atoms with E-state index in [0.29, 0.717) is 38.8 Å². The van der Waals surface area contributed by atoms with Gasteiger partial charge in [-0.05, 0) is 19.1 Å². The highest BCUT2D eigenvalue weighted by molar-refractivity contribution is 5.96. The van der Waals surface area contributed by atoms with Gasteiger partial charge in [-0.2, -0.15) is 0 Å². The molecule has 1 aromatic carbocycles. The first-order chi connectivity index (χ1) is 12.9.